The Bertz CT molecular complexity index is 518. The zero-order valence-electron chi connectivity index (χ0n) is 11.2. The van der Waals surface area contributed by atoms with Crippen molar-refractivity contribution in [3.05, 3.63) is 23.5 Å². The first-order valence-electron chi connectivity index (χ1n) is 6.40. The highest BCUT2D eigenvalue weighted by Gasteiger charge is 2.11. The quantitative estimate of drug-likeness (QED) is 0.842. The van der Waals surface area contributed by atoms with Crippen LogP contribution in [0.5, 0.6) is 0 Å². The number of nitrogens with one attached hydrogen (secondary N) is 1. The van der Waals surface area contributed by atoms with Gasteiger partial charge in [-0.05, 0) is 19.3 Å². The summed E-state index contributed by atoms with van der Waals surface area (Å²) < 4.78 is 1.92. The Morgan fingerprint density at radius 2 is 2.37 bits per heavy atom. The number of amides is 1. The maximum absolute atomic E-state index is 11.8. The minimum absolute atomic E-state index is 0.0248. The summed E-state index contributed by atoms with van der Waals surface area (Å²) in [4.78, 5) is 17.1. The van der Waals surface area contributed by atoms with Gasteiger partial charge in [-0.3, -0.25) is 9.20 Å². The van der Waals surface area contributed by atoms with Crippen LogP contribution < -0.4 is 5.32 Å². The van der Waals surface area contributed by atoms with Gasteiger partial charge < -0.3 is 10.4 Å². The highest BCUT2D eigenvalue weighted by molar-refractivity contribution is 7.15. The number of hydrogen-bond acceptors (Lipinski definition) is 4. The summed E-state index contributed by atoms with van der Waals surface area (Å²) in [5, 5.41) is 14.1. The molecule has 2 unspecified atom stereocenters. The van der Waals surface area contributed by atoms with Crippen LogP contribution in [0, 0.1) is 5.92 Å². The third-order valence-electron chi connectivity index (χ3n) is 2.88. The lowest BCUT2D eigenvalue weighted by molar-refractivity contribution is -0.120. The van der Waals surface area contributed by atoms with E-state index in [0.717, 1.165) is 10.7 Å². The van der Waals surface area contributed by atoms with Crippen molar-refractivity contribution >= 4 is 22.2 Å². The van der Waals surface area contributed by atoms with E-state index in [1.54, 1.807) is 18.3 Å². The van der Waals surface area contributed by atoms with Crippen molar-refractivity contribution < 1.29 is 9.90 Å². The van der Waals surface area contributed by atoms with E-state index in [0.29, 0.717) is 19.4 Å². The number of imidazole rings is 1. The summed E-state index contributed by atoms with van der Waals surface area (Å²) in [6, 6.07) is 0. The molecule has 0 aliphatic carbocycles. The minimum Gasteiger partial charge on any atom is -0.393 e. The summed E-state index contributed by atoms with van der Waals surface area (Å²) in [6.45, 7) is 4.36. The van der Waals surface area contributed by atoms with Gasteiger partial charge in [-0.2, -0.15) is 0 Å². The van der Waals surface area contributed by atoms with Crippen molar-refractivity contribution in [2.45, 2.75) is 32.8 Å². The van der Waals surface area contributed by atoms with Gasteiger partial charge in [0.2, 0.25) is 5.91 Å². The molecule has 5 nitrogen and oxygen atoms in total. The number of fused-ring (bicyclic) bond motifs is 1. The van der Waals surface area contributed by atoms with Gasteiger partial charge in [-0.1, -0.05) is 6.92 Å². The van der Waals surface area contributed by atoms with Gasteiger partial charge in [0.1, 0.15) is 0 Å². The zero-order chi connectivity index (χ0) is 13.8. The molecule has 0 saturated carbocycles. The average Bonchev–Trinajstić information content (AvgIpc) is 2.85. The number of aromatic nitrogens is 2. The van der Waals surface area contributed by atoms with Crippen LogP contribution in [0.25, 0.3) is 4.96 Å². The van der Waals surface area contributed by atoms with Crippen molar-refractivity contribution in [1.29, 1.82) is 0 Å². The monoisotopic (exact) mass is 281 g/mol. The SMILES string of the molecule is CC(O)CC(C)CNC(=O)Cc1cn2ccsc2n1. The lowest BCUT2D eigenvalue weighted by Gasteiger charge is -2.13. The summed E-state index contributed by atoms with van der Waals surface area (Å²) in [6.07, 6.45) is 4.48. The fraction of sp³-hybridized carbons (Fsp3) is 0.538. The zero-order valence-corrected chi connectivity index (χ0v) is 12.0. The topological polar surface area (TPSA) is 66.6 Å². The second kappa shape index (κ2) is 6.16. The van der Waals surface area contributed by atoms with Crippen molar-refractivity contribution in [2.75, 3.05) is 6.54 Å². The molecule has 2 atom stereocenters. The Kier molecular flexibility index (Phi) is 4.55. The molecule has 0 spiro atoms. The van der Waals surface area contributed by atoms with Crippen LogP contribution in [0.4, 0.5) is 0 Å². The number of nitrogens with zero attached hydrogens (tertiary/aromatic N) is 2. The van der Waals surface area contributed by atoms with Crippen LogP contribution in [-0.2, 0) is 11.2 Å². The number of aliphatic hydroxyl groups is 1. The van der Waals surface area contributed by atoms with Gasteiger partial charge in [-0.15, -0.1) is 11.3 Å². The predicted octanol–water partition coefficient (Wildman–Crippen LogP) is 1.46. The highest BCUT2D eigenvalue weighted by atomic mass is 32.1. The van der Waals surface area contributed by atoms with Crippen LogP contribution in [-0.4, -0.2) is 33.0 Å². The lowest BCUT2D eigenvalue weighted by atomic mass is 10.0. The van der Waals surface area contributed by atoms with Crippen molar-refractivity contribution in [2.24, 2.45) is 5.92 Å². The maximum Gasteiger partial charge on any atom is 0.226 e. The number of carbonyl (C=O) groups excluding carboxylic acids is 1. The fourth-order valence-corrected chi connectivity index (χ4v) is 2.76. The van der Waals surface area contributed by atoms with E-state index >= 15 is 0 Å². The van der Waals surface area contributed by atoms with Crippen LogP contribution in [0.15, 0.2) is 17.8 Å². The predicted molar refractivity (Wildman–Crippen MR) is 75.2 cm³/mol. The fourth-order valence-electron chi connectivity index (χ4n) is 2.04. The molecule has 2 heterocycles. The lowest BCUT2D eigenvalue weighted by Crippen LogP contribution is -2.30. The Labute approximate surface area is 116 Å². The Morgan fingerprint density at radius 1 is 1.58 bits per heavy atom. The van der Waals surface area contributed by atoms with Crippen molar-refractivity contribution in [3.8, 4) is 0 Å². The Balaban J connectivity index is 1.79. The van der Waals surface area contributed by atoms with Crippen LogP contribution in [0.1, 0.15) is 26.0 Å². The minimum atomic E-state index is -0.327. The number of hydrogen-bond donors (Lipinski definition) is 2. The van der Waals surface area contributed by atoms with Crippen LogP contribution in [0.3, 0.4) is 0 Å². The molecule has 2 aromatic heterocycles. The van der Waals surface area contributed by atoms with Crippen molar-refractivity contribution in [3.63, 3.8) is 0 Å². The molecule has 0 aliphatic rings. The van der Waals surface area contributed by atoms with E-state index < -0.39 is 0 Å². The number of rotatable bonds is 6. The normalized spacial score (nSPS) is 14.5. The molecular weight excluding hydrogens is 262 g/mol. The molecule has 2 rings (SSSR count). The first-order valence-corrected chi connectivity index (χ1v) is 7.28. The van der Waals surface area contributed by atoms with E-state index in [4.69, 9.17) is 0 Å². The largest absolute Gasteiger partial charge is 0.393 e. The van der Waals surface area contributed by atoms with Gasteiger partial charge >= 0.3 is 0 Å². The molecule has 0 aromatic carbocycles. The first-order chi connectivity index (χ1) is 9.04. The highest BCUT2D eigenvalue weighted by Crippen LogP contribution is 2.11. The number of carbonyl (C=O) groups is 1. The maximum atomic E-state index is 11.8. The average molecular weight is 281 g/mol. The molecule has 0 radical (unpaired) electrons. The molecule has 6 heteroatoms. The van der Waals surface area contributed by atoms with E-state index in [2.05, 4.69) is 10.3 Å². The molecule has 2 aromatic rings. The second-order valence-corrected chi connectivity index (χ2v) is 5.87. The number of aliphatic hydroxyl groups excluding tert-OH is 1. The third kappa shape index (κ3) is 4.04. The second-order valence-electron chi connectivity index (χ2n) is 5.00. The van der Waals surface area contributed by atoms with Gasteiger partial charge in [0.05, 0.1) is 18.2 Å². The summed E-state index contributed by atoms with van der Waals surface area (Å²) >= 11 is 1.55. The molecule has 19 heavy (non-hydrogen) atoms. The molecule has 0 bridgehead atoms. The van der Waals surface area contributed by atoms with Crippen LogP contribution >= 0.6 is 11.3 Å². The molecule has 0 aliphatic heterocycles. The first kappa shape index (κ1) is 14.0. The molecule has 2 N–H and O–H groups in total. The van der Waals surface area contributed by atoms with Gasteiger partial charge in [0.25, 0.3) is 0 Å². The Morgan fingerprint density at radius 3 is 3.05 bits per heavy atom. The number of thiazole rings is 1. The third-order valence-corrected chi connectivity index (χ3v) is 3.65. The van der Waals surface area contributed by atoms with E-state index in [-0.39, 0.29) is 17.9 Å². The van der Waals surface area contributed by atoms with E-state index in [9.17, 15) is 9.90 Å². The molecule has 0 fully saturated rings. The molecule has 1 amide bonds. The molecule has 104 valence electrons. The molecular formula is C13H19N3O2S. The van der Waals surface area contributed by atoms with Gasteiger partial charge in [0.15, 0.2) is 4.96 Å². The summed E-state index contributed by atoms with van der Waals surface area (Å²) in [5.74, 6) is 0.248. The van der Waals surface area contributed by atoms with Crippen molar-refractivity contribution in [1.82, 2.24) is 14.7 Å². The standard InChI is InChI=1S/C13H19N3O2S/c1-9(5-10(2)17)7-14-12(18)6-11-8-16-3-4-19-13(16)15-11/h3-4,8-10,17H,5-7H2,1-2H3,(H,14,18). The van der Waals surface area contributed by atoms with Gasteiger partial charge in [0, 0.05) is 24.3 Å². The summed E-state index contributed by atoms with van der Waals surface area (Å²) in [7, 11) is 0. The smallest absolute Gasteiger partial charge is 0.226 e. The Hall–Kier alpha value is -1.40. The molecule has 0 saturated heterocycles. The van der Waals surface area contributed by atoms with E-state index in [1.165, 1.54) is 0 Å². The summed E-state index contributed by atoms with van der Waals surface area (Å²) in [5.41, 5.74) is 0.785. The van der Waals surface area contributed by atoms with Gasteiger partial charge in [-0.25, -0.2) is 4.98 Å². The van der Waals surface area contributed by atoms with E-state index in [1.807, 2.05) is 29.1 Å². The van der Waals surface area contributed by atoms with Crippen LogP contribution in [0.2, 0.25) is 0 Å².